The monoisotopic (exact) mass is 279 g/mol. The van der Waals surface area contributed by atoms with E-state index in [2.05, 4.69) is 27.5 Å². The van der Waals surface area contributed by atoms with E-state index in [0.717, 1.165) is 30.2 Å². The van der Waals surface area contributed by atoms with Gasteiger partial charge in [0.05, 0.1) is 5.41 Å². The molecule has 4 N–H and O–H groups in total. The largest absolute Gasteiger partial charge is 0.370 e. The summed E-state index contributed by atoms with van der Waals surface area (Å²) in [5.74, 6) is 1.93. The average Bonchev–Trinajstić information content (AvgIpc) is 2.37. The van der Waals surface area contributed by atoms with Crippen molar-refractivity contribution in [1.29, 1.82) is 0 Å². The van der Waals surface area contributed by atoms with Gasteiger partial charge >= 0.3 is 0 Å². The molecule has 0 saturated heterocycles. The molecule has 0 bridgehead atoms. The molecule has 0 unspecified atom stereocenters. The number of carbonyl (C=O) groups excluding carboxylic acids is 1. The summed E-state index contributed by atoms with van der Waals surface area (Å²) < 4.78 is 0. The number of amides is 1. The Labute approximate surface area is 120 Å². The average molecular weight is 279 g/mol. The minimum atomic E-state index is -0.623. The van der Waals surface area contributed by atoms with E-state index in [-0.39, 0.29) is 5.91 Å². The number of nitrogens with two attached hydrogens (primary N) is 1. The predicted molar refractivity (Wildman–Crippen MR) is 81.8 cm³/mol. The van der Waals surface area contributed by atoms with Gasteiger partial charge in [0, 0.05) is 18.7 Å². The number of aryl methyl sites for hydroxylation is 1. The zero-order valence-corrected chi connectivity index (χ0v) is 13.0. The summed E-state index contributed by atoms with van der Waals surface area (Å²) in [5.41, 5.74) is 5.70. The topological polar surface area (TPSA) is 92.9 Å². The van der Waals surface area contributed by atoms with Crippen molar-refractivity contribution in [3.63, 3.8) is 0 Å². The first kappa shape index (κ1) is 16.2. The maximum absolute atomic E-state index is 11.3. The maximum Gasteiger partial charge on any atom is 0.224 e. The highest BCUT2D eigenvalue weighted by atomic mass is 16.1. The van der Waals surface area contributed by atoms with Gasteiger partial charge in [-0.05, 0) is 34.1 Å². The van der Waals surface area contributed by atoms with Crippen molar-refractivity contribution >= 4 is 17.5 Å². The third-order valence-electron chi connectivity index (χ3n) is 3.16. The zero-order valence-electron chi connectivity index (χ0n) is 13.0. The molecule has 112 valence electrons. The first-order valence-corrected chi connectivity index (χ1v) is 6.90. The Morgan fingerprint density at radius 1 is 1.20 bits per heavy atom. The highest BCUT2D eigenvalue weighted by Crippen LogP contribution is 2.22. The summed E-state index contributed by atoms with van der Waals surface area (Å²) in [7, 11) is 0. The lowest BCUT2D eigenvalue weighted by molar-refractivity contribution is -0.125. The fraction of sp³-hybridized carbons (Fsp3) is 0.643. The first-order valence-electron chi connectivity index (χ1n) is 6.90. The van der Waals surface area contributed by atoms with E-state index in [9.17, 15) is 4.79 Å². The normalized spacial score (nSPS) is 11.2. The second-order valence-electron chi connectivity index (χ2n) is 5.62. The summed E-state index contributed by atoms with van der Waals surface area (Å²) in [5, 5.41) is 6.48. The Morgan fingerprint density at radius 2 is 1.75 bits per heavy atom. The Hall–Kier alpha value is -1.85. The molecule has 20 heavy (non-hydrogen) atoms. The second-order valence-corrected chi connectivity index (χ2v) is 5.62. The van der Waals surface area contributed by atoms with Crippen LogP contribution in [0.2, 0.25) is 0 Å². The summed E-state index contributed by atoms with van der Waals surface area (Å²) in [4.78, 5) is 20.1. The molecule has 6 heteroatoms. The number of nitrogens with zero attached hydrogens (tertiary/aromatic N) is 2. The molecule has 0 atom stereocenters. The van der Waals surface area contributed by atoms with Crippen molar-refractivity contribution < 1.29 is 4.79 Å². The predicted octanol–water partition coefficient (Wildman–Crippen LogP) is 1.84. The third kappa shape index (κ3) is 4.08. The summed E-state index contributed by atoms with van der Waals surface area (Å²) in [6.07, 6.45) is 1.03. The van der Waals surface area contributed by atoms with Crippen molar-refractivity contribution in [2.75, 3.05) is 23.7 Å². The molecule has 0 saturated carbocycles. The van der Waals surface area contributed by atoms with Gasteiger partial charge in [-0.15, -0.1) is 0 Å². The molecule has 1 aromatic heterocycles. The van der Waals surface area contributed by atoms with Crippen LogP contribution >= 0.6 is 0 Å². The molecule has 1 amide bonds. The quantitative estimate of drug-likeness (QED) is 0.708. The van der Waals surface area contributed by atoms with Gasteiger partial charge in [0.25, 0.3) is 0 Å². The van der Waals surface area contributed by atoms with Gasteiger partial charge in [0.15, 0.2) is 0 Å². The van der Waals surface area contributed by atoms with Gasteiger partial charge in [-0.3, -0.25) is 4.79 Å². The van der Waals surface area contributed by atoms with Crippen molar-refractivity contribution in [2.45, 2.75) is 41.0 Å². The summed E-state index contributed by atoms with van der Waals surface area (Å²) in [6, 6.07) is 0. The minimum Gasteiger partial charge on any atom is -0.370 e. The SMILES string of the molecule is CCCNc1nc(C)nc(NCC(C)(C)C(N)=O)c1C. The van der Waals surface area contributed by atoms with Crippen LogP contribution in [0.5, 0.6) is 0 Å². The lowest BCUT2D eigenvalue weighted by Crippen LogP contribution is -2.37. The van der Waals surface area contributed by atoms with Crippen LogP contribution in [0.3, 0.4) is 0 Å². The molecule has 0 aliphatic carbocycles. The van der Waals surface area contributed by atoms with Gasteiger partial charge in [0.1, 0.15) is 17.5 Å². The van der Waals surface area contributed by atoms with Crippen molar-refractivity contribution in [2.24, 2.45) is 11.1 Å². The number of nitrogens with one attached hydrogen (secondary N) is 2. The smallest absolute Gasteiger partial charge is 0.224 e. The van der Waals surface area contributed by atoms with Crippen LogP contribution in [0, 0.1) is 19.3 Å². The standard InChI is InChI=1S/C14H25N5O/c1-6-7-16-11-9(2)12(19-10(3)18-11)17-8-14(4,5)13(15)20/h6-8H2,1-5H3,(H2,15,20)(H2,16,17,18,19). The molecule has 1 aromatic rings. The first-order chi connectivity index (χ1) is 9.27. The molecule has 0 aliphatic rings. The van der Waals surface area contributed by atoms with Crippen molar-refractivity contribution in [3.8, 4) is 0 Å². The number of anilines is 2. The molecule has 0 radical (unpaired) electrons. The van der Waals surface area contributed by atoms with E-state index in [0.29, 0.717) is 12.4 Å². The molecule has 0 fully saturated rings. The lowest BCUT2D eigenvalue weighted by atomic mass is 9.93. The Kier molecular flexibility index (Phi) is 5.30. The van der Waals surface area contributed by atoms with Gasteiger partial charge in [-0.2, -0.15) is 0 Å². The third-order valence-corrected chi connectivity index (χ3v) is 3.16. The van der Waals surface area contributed by atoms with Crippen molar-refractivity contribution in [3.05, 3.63) is 11.4 Å². The van der Waals surface area contributed by atoms with Crippen LogP contribution < -0.4 is 16.4 Å². The molecule has 0 aromatic carbocycles. The van der Waals surface area contributed by atoms with E-state index in [1.165, 1.54) is 0 Å². The molecule has 1 rings (SSSR count). The number of hydrogen-bond acceptors (Lipinski definition) is 5. The van der Waals surface area contributed by atoms with E-state index in [4.69, 9.17) is 5.73 Å². The van der Waals surface area contributed by atoms with Crippen LogP contribution in [0.4, 0.5) is 11.6 Å². The van der Waals surface area contributed by atoms with E-state index in [1.807, 2.05) is 27.7 Å². The number of aromatic nitrogens is 2. The number of carbonyl (C=O) groups is 1. The van der Waals surface area contributed by atoms with Gasteiger partial charge in [-0.25, -0.2) is 9.97 Å². The highest BCUT2D eigenvalue weighted by molar-refractivity contribution is 5.80. The lowest BCUT2D eigenvalue weighted by Gasteiger charge is -2.22. The fourth-order valence-corrected chi connectivity index (χ4v) is 1.61. The molecule has 6 nitrogen and oxygen atoms in total. The zero-order chi connectivity index (χ0) is 15.3. The van der Waals surface area contributed by atoms with Gasteiger partial charge in [-0.1, -0.05) is 6.92 Å². The van der Waals surface area contributed by atoms with Crippen LogP contribution in [0.25, 0.3) is 0 Å². The molecule has 0 aliphatic heterocycles. The number of rotatable bonds is 7. The molecule has 0 spiro atoms. The second kappa shape index (κ2) is 6.54. The Morgan fingerprint density at radius 3 is 2.25 bits per heavy atom. The molecular weight excluding hydrogens is 254 g/mol. The Balaban J connectivity index is 2.90. The summed E-state index contributed by atoms with van der Waals surface area (Å²) >= 11 is 0. The maximum atomic E-state index is 11.3. The highest BCUT2D eigenvalue weighted by Gasteiger charge is 2.25. The van der Waals surface area contributed by atoms with Gasteiger partial charge < -0.3 is 16.4 Å². The number of hydrogen-bond donors (Lipinski definition) is 3. The van der Waals surface area contributed by atoms with Crippen LogP contribution in [-0.2, 0) is 4.79 Å². The van der Waals surface area contributed by atoms with E-state index < -0.39 is 5.41 Å². The molecule has 1 heterocycles. The van der Waals surface area contributed by atoms with Gasteiger partial charge in [0.2, 0.25) is 5.91 Å². The Bertz CT molecular complexity index is 485. The van der Waals surface area contributed by atoms with Crippen LogP contribution in [0.1, 0.15) is 38.6 Å². The summed E-state index contributed by atoms with van der Waals surface area (Å²) in [6.45, 7) is 10.8. The van der Waals surface area contributed by atoms with Crippen LogP contribution in [0.15, 0.2) is 0 Å². The van der Waals surface area contributed by atoms with E-state index in [1.54, 1.807) is 0 Å². The fourth-order valence-electron chi connectivity index (χ4n) is 1.61. The minimum absolute atomic E-state index is 0.335. The molecular formula is C14H25N5O. The van der Waals surface area contributed by atoms with Crippen molar-refractivity contribution in [1.82, 2.24) is 9.97 Å². The number of primary amides is 1. The van der Waals surface area contributed by atoms with Crippen LogP contribution in [-0.4, -0.2) is 29.0 Å². The van der Waals surface area contributed by atoms with E-state index >= 15 is 0 Å².